The third-order valence-electron chi connectivity index (χ3n) is 3.41. The molecule has 0 aliphatic carbocycles. The van der Waals surface area contributed by atoms with E-state index in [1.807, 2.05) is 0 Å². The van der Waals surface area contributed by atoms with Crippen LogP contribution in [0.1, 0.15) is 24.4 Å². The number of hydrogen-bond donors (Lipinski definition) is 2. The second-order valence-corrected chi connectivity index (χ2v) is 4.58. The highest BCUT2D eigenvalue weighted by atomic mass is 16.2. The van der Waals surface area contributed by atoms with Crippen molar-refractivity contribution in [2.24, 2.45) is 0 Å². The van der Waals surface area contributed by atoms with Crippen LogP contribution in [0.5, 0.6) is 0 Å². The van der Waals surface area contributed by atoms with Gasteiger partial charge in [0.15, 0.2) is 0 Å². The van der Waals surface area contributed by atoms with Crippen LogP contribution in [-0.2, 0) is 0 Å². The van der Waals surface area contributed by atoms with E-state index in [1.165, 1.54) is 5.56 Å². The maximum Gasteiger partial charge on any atom is 0.0431 e. The molecule has 17 heavy (non-hydrogen) atoms. The molecule has 0 saturated carbocycles. The largest absolute Gasteiger partial charge is 0.396 e. The minimum Gasteiger partial charge on any atom is -0.396 e. The summed E-state index contributed by atoms with van der Waals surface area (Å²) in [7, 11) is 0. The van der Waals surface area contributed by atoms with Crippen molar-refractivity contribution in [2.45, 2.75) is 18.9 Å². The van der Waals surface area contributed by atoms with Gasteiger partial charge >= 0.3 is 0 Å². The number of aliphatic hydroxyl groups excluding tert-OH is 1. The van der Waals surface area contributed by atoms with E-state index in [2.05, 4.69) is 40.5 Å². The normalized spacial score (nSPS) is 19.1. The molecular weight excluding hydrogens is 212 g/mol. The zero-order chi connectivity index (χ0) is 11.9. The van der Waals surface area contributed by atoms with E-state index >= 15 is 0 Å². The summed E-state index contributed by atoms with van der Waals surface area (Å²) in [6, 6.07) is 11.1. The molecule has 0 aromatic heterocycles. The van der Waals surface area contributed by atoms with Crippen molar-refractivity contribution in [1.29, 1.82) is 0 Å². The summed E-state index contributed by atoms with van der Waals surface area (Å²) in [6.07, 6.45) is 1.92. The van der Waals surface area contributed by atoms with Gasteiger partial charge in [-0.2, -0.15) is 0 Å². The second kappa shape index (κ2) is 6.74. The highest BCUT2D eigenvalue weighted by Gasteiger charge is 2.21. The zero-order valence-electron chi connectivity index (χ0n) is 10.3. The summed E-state index contributed by atoms with van der Waals surface area (Å²) in [6.45, 7) is 4.64. The average molecular weight is 234 g/mol. The molecule has 1 saturated heterocycles. The predicted molar refractivity (Wildman–Crippen MR) is 69.9 cm³/mol. The fourth-order valence-electron chi connectivity index (χ4n) is 2.51. The van der Waals surface area contributed by atoms with Crippen LogP contribution in [0.4, 0.5) is 0 Å². The fraction of sp³-hybridized carbons (Fsp3) is 0.571. The van der Waals surface area contributed by atoms with Crippen LogP contribution in [0, 0.1) is 0 Å². The Bertz CT molecular complexity index is 309. The first-order valence-electron chi connectivity index (χ1n) is 6.52. The smallest absolute Gasteiger partial charge is 0.0431 e. The monoisotopic (exact) mass is 234 g/mol. The van der Waals surface area contributed by atoms with Gasteiger partial charge in [0.25, 0.3) is 0 Å². The van der Waals surface area contributed by atoms with Crippen molar-refractivity contribution < 1.29 is 5.11 Å². The third kappa shape index (κ3) is 3.53. The van der Waals surface area contributed by atoms with E-state index < -0.39 is 0 Å². The molecule has 3 nitrogen and oxygen atoms in total. The Balaban J connectivity index is 2.06. The standard InChI is InChI=1S/C14H22N2O/c17-12-4-7-14(13-5-2-1-3-6-13)16-10-8-15-9-11-16/h1-3,5-6,14-15,17H,4,7-12H2. The summed E-state index contributed by atoms with van der Waals surface area (Å²) in [5.74, 6) is 0. The summed E-state index contributed by atoms with van der Waals surface area (Å²) in [5.41, 5.74) is 1.38. The van der Waals surface area contributed by atoms with Gasteiger partial charge in [-0.15, -0.1) is 0 Å². The Kier molecular flexibility index (Phi) is 4.98. The van der Waals surface area contributed by atoms with Gasteiger partial charge in [-0.25, -0.2) is 0 Å². The maximum atomic E-state index is 9.03. The minimum absolute atomic E-state index is 0.287. The van der Waals surface area contributed by atoms with Crippen molar-refractivity contribution in [3.8, 4) is 0 Å². The lowest BCUT2D eigenvalue weighted by Gasteiger charge is -2.35. The van der Waals surface area contributed by atoms with Crippen molar-refractivity contribution in [1.82, 2.24) is 10.2 Å². The SMILES string of the molecule is OCCCC(c1ccccc1)N1CCNCC1. The molecule has 1 atom stereocenters. The summed E-state index contributed by atoms with van der Waals surface area (Å²) < 4.78 is 0. The molecule has 0 amide bonds. The quantitative estimate of drug-likeness (QED) is 0.808. The van der Waals surface area contributed by atoms with Crippen LogP contribution in [0.3, 0.4) is 0 Å². The van der Waals surface area contributed by atoms with E-state index in [0.29, 0.717) is 6.04 Å². The molecule has 1 aromatic rings. The molecule has 1 heterocycles. The van der Waals surface area contributed by atoms with Crippen LogP contribution >= 0.6 is 0 Å². The molecular formula is C14H22N2O. The summed E-state index contributed by atoms with van der Waals surface area (Å²) in [5, 5.41) is 12.4. The van der Waals surface area contributed by atoms with Gasteiger partial charge < -0.3 is 10.4 Å². The van der Waals surface area contributed by atoms with Crippen LogP contribution in [0.2, 0.25) is 0 Å². The van der Waals surface area contributed by atoms with Crippen molar-refractivity contribution in [2.75, 3.05) is 32.8 Å². The first-order valence-corrected chi connectivity index (χ1v) is 6.52. The zero-order valence-corrected chi connectivity index (χ0v) is 10.3. The van der Waals surface area contributed by atoms with Gasteiger partial charge in [0.2, 0.25) is 0 Å². The van der Waals surface area contributed by atoms with Crippen molar-refractivity contribution >= 4 is 0 Å². The van der Waals surface area contributed by atoms with Crippen molar-refractivity contribution in [3.05, 3.63) is 35.9 Å². The van der Waals surface area contributed by atoms with Crippen LogP contribution in [-0.4, -0.2) is 42.8 Å². The number of rotatable bonds is 5. The molecule has 1 aromatic carbocycles. The van der Waals surface area contributed by atoms with E-state index in [4.69, 9.17) is 5.11 Å². The lowest BCUT2D eigenvalue weighted by molar-refractivity contribution is 0.154. The van der Waals surface area contributed by atoms with Gasteiger partial charge in [0, 0.05) is 38.8 Å². The fourth-order valence-corrected chi connectivity index (χ4v) is 2.51. The lowest BCUT2D eigenvalue weighted by atomic mass is 10.00. The first-order chi connectivity index (χ1) is 8.42. The van der Waals surface area contributed by atoms with Crippen LogP contribution in [0.15, 0.2) is 30.3 Å². The Hall–Kier alpha value is -0.900. The third-order valence-corrected chi connectivity index (χ3v) is 3.41. The number of nitrogens with one attached hydrogen (secondary N) is 1. The number of piperazine rings is 1. The van der Waals surface area contributed by atoms with Gasteiger partial charge in [0.05, 0.1) is 0 Å². The van der Waals surface area contributed by atoms with E-state index in [0.717, 1.165) is 39.0 Å². The lowest BCUT2D eigenvalue weighted by Crippen LogP contribution is -2.45. The Morgan fingerprint density at radius 1 is 1.18 bits per heavy atom. The molecule has 0 radical (unpaired) electrons. The van der Waals surface area contributed by atoms with Crippen LogP contribution in [0.25, 0.3) is 0 Å². The molecule has 2 rings (SSSR count). The Labute approximate surface area is 103 Å². The maximum absolute atomic E-state index is 9.03. The average Bonchev–Trinajstić information content (AvgIpc) is 2.42. The first kappa shape index (κ1) is 12.6. The predicted octanol–water partition coefficient (Wildman–Crippen LogP) is 1.41. The van der Waals surface area contributed by atoms with Gasteiger partial charge in [-0.3, -0.25) is 4.90 Å². The molecule has 0 bridgehead atoms. The second-order valence-electron chi connectivity index (χ2n) is 4.58. The van der Waals surface area contributed by atoms with E-state index in [1.54, 1.807) is 0 Å². The highest BCUT2D eigenvalue weighted by molar-refractivity contribution is 5.19. The molecule has 0 spiro atoms. The van der Waals surface area contributed by atoms with Gasteiger partial charge in [0.1, 0.15) is 0 Å². The summed E-state index contributed by atoms with van der Waals surface area (Å²) in [4.78, 5) is 2.53. The molecule has 1 aliphatic rings. The van der Waals surface area contributed by atoms with Gasteiger partial charge in [-0.1, -0.05) is 30.3 Å². The topological polar surface area (TPSA) is 35.5 Å². The molecule has 1 aliphatic heterocycles. The molecule has 1 unspecified atom stereocenters. The Morgan fingerprint density at radius 2 is 1.88 bits per heavy atom. The molecule has 1 fully saturated rings. The number of benzene rings is 1. The minimum atomic E-state index is 0.287. The molecule has 94 valence electrons. The molecule has 3 heteroatoms. The van der Waals surface area contributed by atoms with Crippen LogP contribution < -0.4 is 5.32 Å². The number of nitrogens with zero attached hydrogens (tertiary/aromatic N) is 1. The van der Waals surface area contributed by atoms with Gasteiger partial charge in [-0.05, 0) is 18.4 Å². The highest BCUT2D eigenvalue weighted by Crippen LogP contribution is 2.25. The Morgan fingerprint density at radius 3 is 2.53 bits per heavy atom. The van der Waals surface area contributed by atoms with E-state index in [9.17, 15) is 0 Å². The van der Waals surface area contributed by atoms with Crippen molar-refractivity contribution in [3.63, 3.8) is 0 Å². The summed E-state index contributed by atoms with van der Waals surface area (Å²) >= 11 is 0. The van der Waals surface area contributed by atoms with E-state index in [-0.39, 0.29) is 6.61 Å². The number of aliphatic hydroxyl groups is 1. The number of hydrogen-bond acceptors (Lipinski definition) is 3. The molecule has 2 N–H and O–H groups in total.